The molecule has 0 saturated carbocycles. The first-order chi connectivity index (χ1) is 9.36. The zero-order chi connectivity index (χ0) is 15.3. The molecule has 1 rings (SSSR count). The number of amides is 1. The van der Waals surface area contributed by atoms with Crippen LogP contribution in [0.1, 0.15) is 10.4 Å². The van der Waals surface area contributed by atoms with Crippen LogP contribution in [-0.2, 0) is 0 Å². The van der Waals surface area contributed by atoms with Crippen LogP contribution >= 0.6 is 0 Å². The van der Waals surface area contributed by atoms with E-state index in [1.54, 1.807) is 0 Å². The lowest BCUT2D eigenvalue weighted by molar-refractivity contribution is -0.384. The van der Waals surface area contributed by atoms with E-state index in [2.05, 4.69) is 0 Å². The SMILES string of the molecule is NC(=O)c1ccc(N(CCO)CC(F)F)c([N+](=O)[O-])c1. The Kier molecular flexibility index (Phi) is 5.32. The highest BCUT2D eigenvalue weighted by Gasteiger charge is 2.23. The van der Waals surface area contributed by atoms with Crippen molar-refractivity contribution in [2.75, 3.05) is 24.6 Å². The normalized spacial score (nSPS) is 10.6. The van der Waals surface area contributed by atoms with Crippen LogP contribution in [0.15, 0.2) is 18.2 Å². The Morgan fingerprint density at radius 1 is 1.50 bits per heavy atom. The van der Waals surface area contributed by atoms with Crippen LogP contribution in [0.3, 0.4) is 0 Å². The number of nitrogens with zero attached hydrogens (tertiary/aromatic N) is 2. The number of halogens is 2. The average molecular weight is 289 g/mol. The van der Waals surface area contributed by atoms with Gasteiger partial charge in [0.15, 0.2) is 0 Å². The van der Waals surface area contributed by atoms with E-state index in [4.69, 9.17) is 10.8 Å². The second-order valence-electron chi connectivity index (χ2n) is 3.89. The van der Waals surface area contributed by atoms with Gasteiger partial charge in [0.2, 0.25) is 5.91 Å². The molecule has 7 nitrogen and oxygen atoms in total. The van der Waals surface area contributed by atoms with Gasteiger partial charge in [-0.15, -0.1) is 0 Å². The molecule has 3 N–H and O–H groups in total. The molecular formula is C11H13F2N3O4. The van der Waals surface area contributed by atoms with Crippen molar-refractivity contribution in [3.8, 4) is 0 Å². The molecule has 0 heterocycles. The van der Waals surface area contributed by atoms with E-state index < -0.39 is 36.1 Å². The van der Waals surface area contributed by atoms with Crippen LogP contribution in [0.5, 0.6) is 0 Å². The fraction of sp³-hybridized carbons (Fsp3) is 0.364. The fourth-order valence-electron chi connectivity index (χ4n) is 1.69. The van der Waals surface area contributed by atoms with Crippen LogP contribution in [0.4, 0.5) is 20.2 Å². The summed E-state index contributed by atoms with van der Waals surface area (Å²) in [5.74, 6) is -0.859. The standard InChI is InChI=1S/C11H13F2N3O4/c12-10(13)6-15(3-4-17)8-2-1-7(11(14)18)5-9(8)16(19)20/h1-2,5,10,17H,3-4,6H2,(H2,14,18). The number of hydrogen-bond acceptors (Lipinski definition) is 5. The van der Waals surface area contributed by atoms with Crippen molar-refractivity contribution in [2.24, 2.45) is 5.73 Å². The summed E-state index contributed by atoms with van der Waals surface area (Å²) in [6, 6.07) is 3.30. The molecule has 0 aliphatic rings. The summed E-state index contributed by atoms with van der Waals surface area (Å²) in [7, 11) is 0. The first kappa shape index (κ1) is 15.8. The van der Waals surface area contributed by atoms with Gasteiger partial charge in [0.05, 0.1) is 18.1 Å². The topological polar surface area (TPSA) is 110 Å². The van der Waals surface area contributed by atoms with Crippen molar-refractivity contribution in [3.63, 3.8) is 0 Å². The monoisotopic (exact) mass is 289 g/mol. The van der Waals surface area contributed by atoms with Crippen LogP contribution in [0.2, 0.25) is 0 Å². The van der Waals surface area contributed by atoms with Crippen LogP contribution in [0.25, 0.3) is 0 Å². The molecule has 0 spiro atoms. The molecule has 1 aromatic rings. The minimum Gasteiger partial charge on any atom is -0.395 e. The van der Waals surface area contributed by atoms with Gasteiger partial charge in [0.1, 0.15) is 5.69 Å². The smallest absolute Gasteiger partial charge is 0.293 e. The molecule has 0 aromatic heterocycles. The summed E-state index contributed by atoms with van der Waals surface area (Å²) < 4.78 is 24.9. The van der Waals surface area contributed by atoms with Crippen molar-refractivity contribution in [2.45, 2.75) is 6.43 Å². The lowest BCUT2D eigenvalue weighted by Gasteiger charge is -2.23. The van der Waals surface area contributed by atoms with Crippen LogP contribution in [0, 0.1) is 10.1 Å². The Labute approximate surface area is 112 Å². The molecule has 9 heteroatoms. The Bertz CT molecular complexity index is 510. The minimum absolute atomic E-state index is 0.0959. The maximum Gasteiger partial charge on any atom is 0.293 e. The predicted molar refractivity (Wildman–Crippen MR) is 66.9 cm³/mol. The van der Waals surface area contributed by atoms with E-state index in [0.29, 0.717) is 0 Å². The second-order valence-corrected chi connectivity index (χ2v) is 3.89. The highest BCUT2D eigenvalue weighted by molar-refractivity contribution is 5.94. The second kappa shape index (κ2) is 6.75. The highest BCUT2D eigenvalue weighted by atomic mass is 19.3. The van der Waals surface area contributed by atoms with Gasteiger partial charge in [-0.1, -0.05) is 0 Å². The Morgan fingerprint density at radius 2 is 2.15 bits per heavy atom. The maximum absolute atomic E-state index is 12.5. The molecule has 0 unspecified atom stereocenters. The summed E-state index contributed by atoms with van der Waals surface area (Å²) in [5, 5.41) is 19.8. The molecule has 0 bridgehead atoms. The number of nitrogens with two attached hydrogens (primary N) is 1. The van der Waals surface area contributed by atoms with Crippen LogP contribution in [-0.4, -0.2) is 42.1 Å². The van der Waals surface area contributed by atoms with E-state index in [-0.39, 0.29) is 17.8 Å². The van der Waals surface area contributed by atoms with Gasteiger partial charge in [-0.2, -0.15) is 0 Å². The largest absolute Gasteiger partial charge is 0.395 e. The quantitative estimate of drug-likeness (QED) is 0.568. The molecule has 0 aliphatic carbocycles. The van der Waals surface area contributed by atoms with Gasteiger partial charge in [0.25, 0.3) is 12.1 Å². The molecule has 0 fully saturated rings. The van der Waals surface area contributed by atoms with Gasteiger partial charge in [-0.3, -0.25) is 14.9 Å². The number of nitro benzene ring substituents is 1. The third kappa shape index (κ3) is 3.85. The fourth-order valence-corrected chi connectivity index (χ4v) is 1.69. The summed E-state index contributed by atoms with van der Waals surface area (Å²) in [6.07, 6.45) is -2.73. The number of rotatable bonds is 7. The molecule has 110 valence electrons. The third-order valence-electron chi connectivity index (χ3n) is 2.53. The van der Waals surface area contributed by atoms with E-state index in [1.165, 1.54) is 6.07 Å². The average Bonchev–Trinajstić information content (AvgIpc) is 2.36. The van der Waals surface area contributed by atoms with Crippen LogP contribution < -0.4 is 10.6 Å². The van der Waals surface area contributed by atoms with Gasteiger partial charge in [0, 0.05) is 18.2 Å². The summed E-state index contributed by atoms with van der Waals surface area (Å²) in [4.78, 5) is 22.1. The molecule has 1 amide bonds. The number of carbonyl (C=O) groups excluding carboxylic acids is 1. The van der Waals surface area contributed by atoms with Gasteiger partial charge in [-0.05, 0) is 12.1 Å². The zero-order valence-corrected chi connectivity index (χ0v) is 10.3. The first-order valence-electron chi connectivity index (χ1n) is 5.59. The minimum atomic E-state index is -2.73. The molecule has 1 aromatic carbocycles. The van der Waals surface area contributed by atoms with E-state index in [0.717, 1.165) is 17.0 Å². The Balaban J connectivity index is 3.25. The third-order valence-corrected chi connectivity index (χ3v) is 2.53. The lowest BCUT2D eigenvalue weighted by atomic mass is 10.1. The molecule has 0 aliphatic heterocycles. The first-order valence-corrected chi connectivity index (χ1v) is 5.59. The van der Waals surface area contributed by atoms with Crippen molar-refractivity contribution in [1.82, 2.24) is 0 Å². The number of benzene rings is 1. The molecular weight excluding hydrogens is 276 g/mol. The predicted octanol–water partition coefficient (Wildman–Crippen LogP) is 0.758. The van der Waals surface area contributed by atoms with Gasteiger partial charge in [-0.25, -0.2) is 8.78 Å². The highest BCUT2D eigenvalue weighted by Crippen LogP contribution is 2.29. The Morgan fingerprint density at radius 3 is 2.60 bits per heavy atom. The Hall–Kier alpha value is -2.29. The lowest BCUT2D eigenvalue weighted by Crippen LogP contribution is -2.32. The number of alkyl halides is 2. The number of carbonyl (C=O) groups is 1. The van der Waals surface area contributed by atoms with Crippen molar-refractivity contribution in [3.05, 3.63) is 33.9 Å². The molecule has 0 saturated heterocycles. The van der Waals surface area contributed by atoms with E-state index in [1.807, 2.05) is 0 Å². The van der Waals surface area contributed by atoms with Gasteiger partial charge >= 0.3 is 0 Å². The molecule has 0 radical (unpaired) electrons. The van der Waals surface area contributed by atoms with Crippen molar-refractivity contribution < 1.29 is 23.6 Å². The zero-order valence-electron chi connectivity index (χ0n) is 10.3. The number of anilines is 1. The number of nitro groups is 1. The summed E-state index contributed by atoms with van der Waals surface area (Å²) >= 11 is 0. The number of aliphatic hydroxyl groups is 1. The van der Waals surface area contributed by atoms with Crippen molar-refractivity contribution in [1.29, 1.82) is 0 Å². The molecule has 20 heavy (non-hydrogen) atoms. The maximum atomic E-state index is 12.5. The van der Waals surface area contributed by atoms with E-state index in [9.17, 15) is 23.7 Å². The molecule has 0 atom stereocenters. The number of primary amides is 1. The summed E-state index contributed by atoms with van der Waals surface area (Å²) in [6.45, 7) is -1.40. The van der Waals surface area contributed by atoms with E-state index >= 15 is 0 Å². The number of hydrogen-bond donors (Lipinski definition) is 2. The summed E-state index contributed by atoms with van der Waals surface area (Å²) in [5.41, 5.74) is 4.30. The number of aliphatic hydroxyl groups excluding tert-OH is 1. The van der Waals surface area contributed by atoms with Gasteiger partial charge < -0.3 is 15.7 Å². The van der Waals surface area contributed by atoms with Crippen molar-refractivity contribution >= 4 is 17.3 Å².